The zero-order valence-corrected chi connectivity index (χ0v) is 11.1. The predicted molar refractivity (Wildman–Crippen MR) is 77.4 cm³/mol. The molecule has 3 aromatic rings. The Kier molecular flexibility index (Phi) is 2.87. The highest BCUT2D eigenvalue weighted by Gasteiger charge is 2.09. The summed E-state index contributed by atoms with van der Waals surface area (Å²) in [4.78, 5) is 0. The van der Waals surface area contributed by atoms with Crippen LogP contribution in [0.5, 0.6) is 5.75 Å². The quantitative estimate of drug-likeness (QED) is 0.782. The van der Waals surface area contributed by atoms with Gasteiger partial charge in [-0.1, -0.05) is 12.1 Å². The molecule has 19 heavy (non-hydrogen) atoms. The number of rotatable bonds is 3. The Hall–Kier alpha value is -2.07. The van der Waals surface area contributed by atoms with Crippen molar-refractivity contribution in [1.29, 1.82) is 0 Å². The van der Waals surface area contributed by atoms with E-state index in [1.54, 1.807) is 7.11 Å². The average Bonchev–Trinajstić information content (AvgIpc) is 2.80. The Morgan fingerprint density at radius 3 is 2.79 bits per heavy atom. The predicted octanol–water partition coefficient (Wildman–Crippen LogP) is 2.55. The highest BCUT2D eigenvalue weighted by Crippen LogP contribution is 2.28. The van der Waals surface area contributed by atoms with Crippen molar-refractivity contribution in [2.45, 2.75) is 19.5 Å². The van der Waals surface area contributed by atoms with Gasteiger partial charge in [0.15, 0.2) is 0 Å². The molecule has 1 unspecified atom stereocenters. The summed E-state index contributed by atoms with van der Waals surface area (Å²) in [6.45, 7) is 2.70. The van der Waals surface area contributed by atoms with Crippen LogP contribution in [0.2, 0.25) is 0 Å². The Bertz CT molecular complexity index is 731. The molecule has 3 rings (SSSR count). The van der Waals surface area contributed by atoms with Crippen LogP contribution in [0.15, 0.2) is 36.5 Å². The highest BCUT2D eigenvalue weighted by molar-refractivity contribution is 6.05. The van der Waals surface area contributed by atoms with E-state index >= 15 is 0 Å². The fraction of sp³-hybridized carbons (Fsp3) is 0.267. The molecule has 0 spiro atoms. The van der Waals surface area contributed by atoms with E-state index in [4.69, 9.17) is 10.5 Å². The molecule has 0 radical (unpaired) electrons. The third kappa shape index (κ3) is 2.04. The lowest BCUT2D eigenvalue weighted by atomic mass is 10.1. The maximum Gasteiger partial charge on any atom is 0.119 e. The van der Waals surface area contributed by atoms with E-state index in [0.29, 0.717) is 6.54 Å². The van der Waals surface area contributed by atoms with Crippen LogP contribution in [0.4, 0.5) is 0 Å². The number of aromatic nitrogens is 2. The van der Waals surface area contributed by atoms with Crippen molar-refractivity contribution in [3.63, 3.8) is 0 Å². The van der Waals surface area contributed by atoms with Crippen molar-refractivity contribution in [2.24, 2.45) is 5.73 Å². The van der Waals surface area contributed by atoms with E-state index in [2.05, 4.69) is 23.3 Å². The average molecular weight is 255 g/mol. The molecule has 0 aliphatic heterocycles. The van der Waals surface area contributed by atoms with Gasteiger partial charge >= 0.3 is 0 Å². The zero-order chi connectivity index (χ0) is 13.4. The summed E-state index contributed by atoms with van der Waals surface area (Å²) >= 11 is 0. The van der Waals surface area contributed by atoms with Gasteiger partial charge in [0, 0.05) is 16.8 Å². The SMILES string of the molecule is COc1ccc2c(ccc3cnn(CC(C)N)c32)c1. The zero-order valence-electron chi connectivity index (χ0n) is 11.1. The maximum absolute atomic E-state index is 5.88. The summed E-state index contributed by atoms with van der Waals surface area (Å²) in [5, 5.41) is 7.90. The third-order valence-corrected chi connectivity index (χ3v) is 3.28. The van der Waals surface area contributed by atoms with Gasteiger partial charge in [0.25, 0.3) is 0 Å². The molecule has 0 bridgehead atoms. The maximum atomic E-state index is 5.88. The summed E-state index contributed by atoms with van der Waals surface area (Å²) in [6, 6.07) is 10.4. The normalized spacial score (nSPS) is 13.0. The van der Waals surface area contributed by atoms with Gasteiger partial charge in [0.1, 0.15) is 5.75 Å². The fourth-order valence-electron chi connectivity index (χ4n) is 2.43. The first kappa shape index (κ1) is 12.0. The summed E-state index contributed by atoms with van der Waals surface area (Å²) in [7, 11) is 1.68. The van der Waals surface area contributed by atoms with Gasteiger partial charge in [-0.3, -0.25) is 4.68 Å². The number of hydrogen-bond acceptors (Lipinski definition) is 3. The molecule has 4 nitrogen and oxygen atoms in total. The largest absolute Gasteiger partial charge is 0.497 e. The highest BCUT2D eigenvalue weighted by atomic mass is 16.5. The molecule has 98 valence electrons. The van der Waals surface area contributed by atoms with E-state index in [9.17, 15) is 0 Å². The van der Waals surface area contributed by atoms with Crippen LogP contribution in [-0.2, 0) is 6.54 Å². The van der Waals surface area contributed by atoms with Crippen LogP contribution < -0.4 is 10.5 Å². The Morgan fingerprint density at radius 2 is 2.05 bits per heavy atom. The fourth-order valence-corrected chi connectivity index (χ4v) is 2.43. The summed E-state index contributed by atoms with van der Waals surface area (Å²) in [6.07, 6.45) is 1.89. The number of nitrogens with zero attached hydrogens (tertiary/aromatic N) is 2. The molecule has 0 saturated carbocycles. The topological polar surface area (TPSA) is 53.1 Å². The second-order valence-corrected chi connectivity index (χ2v) is 4.89. The van der Waals surface area contributed by atoms with Gasteiger partial charge in [-0.25, -0.2) is 0 Å². The molecule has 2 aromatic carbocycles. The van der Waals surface area contributed by atoms with Crippen LogP contribution in [0, 0.1) is 0 Å². The van der Waals surface area contributed by atoms with E-state index in [-0.39, 0.29) is 6.04 Å². The van der Waals surface area contributed by atoms with E-state index in [1.807, 2.05) is 29.9 Å². The minimum atomic E-state index is 0.0802. The minimum Gasteiger partial charge on any atom is -0.497 e. The van der Waals surface area contributed by atoms with Crippen LogP contribution in [-0.4, -0.2) is 22.9 Å². The lowest BCUT2D eigenvalue weighted by Gasteiger charge is -2.09. The molecule has 0 fully saturated rings. The number of fused-ring (bicyclic) bond motifs is 3. The molecule has 2 N–H and O–H groups in total. The number of ether oxygens (including phenoxy) is 1. The van der Waals surface area contributed by atoms with Crippen LogP contribution in [0.25, 0.3) is 21.7 Å². The second kappa shape index (κ2) is 4.55. The van der Waals surface area contributed by atoms with Gasteiger partial charge in [-0.2, -0.15) is 5.10 Å². The van der Waals surface area contributed by atoms with E-state index < -0.39 is 0 Å². The molecule has 0 amide bonds. The monoisotopic (exact) mass is 255 g/mol. The lowest BCUT2D eigenvalue weighted by molar-refractivity contribution is 0.415. The number of methoxy groups -OCH3 is 1. The molecular formula is C15H17N3O. The molecule has 0 saturated heterocycles. The van der Waals surface area contributed by atoms with Crippen molar-refractivity contribution in [3.05, 3.63) is 36.5 Å². The van der Waals surface area contributed by atoms with Crippen molar-refractivity contribution >= 4 is 21.7 Å². The molecule has 1 aromatic heterocycles. The first-order valence-corrected chi connectivity index (χ1v) is 6.37. The summed E-state index contributed by atoms with van der Waals surface area (Å²) in [5.41, 5.74) is 7.02. The molecule has 0 aliphatic rings. The van der Waals surface area contributed by atoms with Gasteiger partial charge in [0.2, 0.25) is 0 Å². The second-order valence-electron chi connectivity index (χ2n) is 4.89. The summed E-state index contributed by atoms with van der Waals surface area (Å²) < 4.78 is 7.25. The molecular weight excluding hydrogens is 238 g/mol. The van der Waals surface area contributed by atoms with Gasteiger partial charge in [-0.05, 0) is 30.5 Å². The van der Waals surface area contributed by atoms with Crippen molar-refractivity contribution < 1.29 is 4.74 Å². The van der Waals surface area contributed by atoms with E-state index in [0.717, 1.165) is 22.0 Å². The number of nitrogens with two attached hydrogens (primary N) is 1. The van der Waals surface area contributed by atoms with Crippen LogP contribution in [0.1, 0.15) is 6.92 Å². The first-order valence-electron chi connectivity index (χ1n) is 6.37. The Morgan fingerprint density at radius 1 is 1.26 bits per heavy atom. The van der Waals surface area contributed by atoms with Crippen LogP contribution in [0.3, 0.4) is 0 Å². The number of benzene rings is 2. The molecule has 1 atom stereocenters. The Balaban J connectivity index is 2.28. The van der Waals surface area contributed by atoms with Gasteiger partial charge in [0.05, 0.1) is 25.4 Å². The smallest absolute Gasteiger partial charge is 0.119 e. The summed E-state index contributed by atoms with van der Waals surface area (Å²) in [5.74, 6) is 0.866. The molecule has 4 heteroatoms. The minimum absolute atomic E-state index is 0.0802. The Labute approximate surface area is 111 Å². The van der Waals surface area contributed by atoms with Crippen molar-refractivity contribution in [2.75, 3.05) is 7.11 Å². The van der Waals surface area contributed by atoms with E-state index in [1.165, 1.54) is 5.39 Å². The van der Waals surface area contributed by atoms with Crippen molar-refractivity contribution in [3.8, 4) is 5.75 Å². The van der Waals surface area contributed by atoms with Crippen LogP contribution >= 0.6 is 0 Å². The van der Waals surface area contributed by atoms with Gasteiger partial charge in [-0.15, -0.1) is 0 Å². The standard InChI is InChI=1S/C15H17N3O/c1-10(16)9-18-15-12(8-17-18)4-3-11-7-13(19-2)5-6-14(11)15/h3-8,10H,9,16H2,1-2H3. The molecule has 1 heterocycles. The molecule has 0 aliphatic carbocycles. The lowest BCUT2D eigenvalue weighted by Crippen LogP contribution is -2.22. The third-order valence-electron chi connectivity index (χ3n) is 3.28. The first-order chi connectivity index (χ1) is 9.19. The van der Waals surface area contributed by atoms with Gasteiger partial charge < -0.3 is 10.5 Å². The van der Waals surface area contributed by atoms with Crippen molar-refractivity contribution in [1.82, 2.24) is 9.78 Å². The number of hydrogen-bond donors (Lipinski definition) is 1.